The van der Waals surface area contributed by atoms with Gasteiger partial charge in [0, 0.05) is 37.6 Å². The maximum atomic E-state index is 13.0. The molecule has 1 aliphatic heterocycles. The normalized spacial score (nSPS) is 16.1. The van der Waals surface area contributed by atoms with E-state index in [1.54, 1.807) is 52.3 Å². The molecule has 2 N–H and O–H groups in total. The van der Waals surface area contributed by atoms with Crippen LogP contribution in [0.5, 0.6) is 5.88 Å². The lowest BCUT2D eigenvalue weighted by atomic mass is 10.1. The Morgan fingerprint density at radius 1 is 1.23 bits per heavy atom. The van der Waals surface area contributed by atoms with Gasteiger partial charge >= 0.3 is 0 Å². The van der Waals surface area contributed by atoms with E-state index in [2.05, 4.69) is 16.2 Å². The molecular weight excluding hydrogens is 380 g/mol. The van der Waals surface area contributed by atoms with Gasteiger partial charge in [-0.3, -0.25) is 9.78 Å². The van der Waals surface area contributed by atoms with Gasteiger partial charge in [0.05, 0.1) is 17.3 Å². The molecule has 1 aromatic carbocycles. The predicted octanol–water partition coefficient (Wildman–Crippen LogP) is 2.28. The van der Waals surface area contributed by atoms with E-state index in [9.17, 15) is 4.79 Å². The molecule has 0 saturated carbocycles. The highest BCUT2D eigenvalue weighted by molar-refractivity contribution is 5.92. The Kier molecular flexibility index (Phi) is 5.72. The van der Waals surface area contributed by atoms with Crippen LogP contribution in [0.1, 0.15) is 34.5 Å². The zero-order valence-corrected chi connectivity index (χ0v) is 16.4. The summed E-state index contributed by atoms with van der Waals surface area (Å²) in [5, 5.41) is 13.6. The van der Waals surface area contributed by atoms with Gasteiger partial charge in [-0.25, -0.2) is 4.68 Å². The number of aromatic nitrogens is 3. The number of nitrogens with zero attached hydrogens (tertiary/aromatic N) is 5. The van der Waals surface area contributed by atoms with Crippen LogP contribution in [-0.2, 0) is 6.61 Å². The zero-order chi connectivity index (χ0) is 20.9. The molecule has 1 unspecified atom stereocenters. The van der Waals surface area contributed by atoms with Crippen molar-refractivity contribution in [2.75, 3.05) is 13.1 Å². The lowest BCUT2D eigenvalue weighted by Crippen LogP contribution is -2.45. The van der Waals surface area contributed by atoms with E-state index < -0.39 is 0 Å². The maximum Gasteiger partial charge on any atom is 0.274 e. The van der Waals surface area contributed by atoms with Crippen molar-refractivity contribution >= 4 is 5.91 Å². The van der Waals surface area contributed by atoms with E-state index in [1.807, 2.05) is 12.1 Å². The Labute approximate surface area is 174 Å². The molecule has 1 atom stereocenters. The van der Waals surface area contributed by atoms with Crippen LogP contribution in [0, 0.1) is 11.3 Å². The second-order valence-electron chi connectivity index (χ2n) is 7.24. The van der Waals surface area contributed by atoms with E-state index >= 15 is 0 Å². The molecule has 0 spiro atoms. The maximum absolute atomic E-state index is 13.0. The Morgan fingerprint density at radius 3 is 2.70 bits per heavy atom. The summed E-state index contributed by atoms with van der Waals surface area (Å²) >= 11 is 0. The Bertz CT molecular complexity index is 1060. The molecule has 4 rings (SSSR count). The summed E-state index contributed by atoms with van der Waals surface area (Å²) in [6.45, 7) is 1.51. The highest BCUT2D eigenvalue weighted by atomic mass is 16.5. The minimum atomic E-state index is -0.161. The summed E-state index contributed by atoms with van der Waals surface area (Å²) < 4.78 is 7.57. The van der Waals surface area contributed by atoms with E-state index in [-0.39, 0.29) is 11.9 Å². The van der Waals surface area contributed by atoms with E-state index in [1.165, 1.54) is 0 Å². The molecular formula is C22H22N6O2. The number of hydrogen-bond acceptors (Lipinski definition) is 6. The molecule has 3 heterocycles. The van der Waals surface area contributed by atoms with Gasteiger partial charge in [-0.15, -0.1) is 0 Å². The third-order valence-electron chi connectivity index (χ3n) is 5.02. The number of carbonyl (C=O) groups excluding carboxylic acids is 1. The van der Waals surface area contributed by atoms with Crippen LogP contribution in [0.15, 0.2) is 54.9 Å². The van der Waals surface area contributed by atoms with Gasteiger partial charge in [0.1, 0.15) is 6.61 Å². The van der Waals surface area contributed by atoms with Gasteiger partial charge < -0.3 is 15.4 Å². The Hall–Kier alpha value is -3.70. The number of carbonyl (C=O) groups is 1. The third-order valence-corrected chi connectivity index (χ3v) is 5.02. The molecule has 1 amide bonds. The smallest absolute Gasteiger partial charge is 0.274 e. The first kappa shape index (κ1) is 19.6. The number of amides is 1. The first-order valence-electron chi connectivity index (χ1n) is 9.81. The minimum Gasteiger partial charge on any atom is -0.473 e. The Balaban J connectivity index is 1.63. The standard InChI is InChI=1S/C22H22N6O2/c23-13-16-3-5-19(6-4-16)28-21(30-15-17-7-9-25-10-8-17)12-20(26-28)22(29)27-11-1-2-18(24)14-27/h3-10,12,18H,1-2,11,14-15,24H2. The molecule has 1 saturated heterocycles. The van der Waals surface area contributed by atoms with Crippen LogP contribution in [0.3, 0.4) is 0 Å². The number of hydrogen-bond donors (Lipinski definition) is 1. The fraction of sp³-hybridized carbons (Fsp3) is 0.273. The van der Waals surface area contributed by atoms with Crippen LogP contribution in [-0.4, -0.2) is 44.7 Å². The topological polar surface area (TPSA) is 110 Å². The molecule has 30 heavy (non-hydrogen) atoms. The zero-order valence-electron chi connectivity index (χ0n) is 16.4. The summed E-state index contributed by atoms with van der Waals surface area (Å²) in [6, 6.07) is 14.4. The molecule has 152 valence electrons. The number of nitriles is 1. The fourth-order valence-electron chi connectivity index (χ4n) is 3.43. The van der Waals surface area contributed by atoms with Crippen molar-refractivity contribution in [2.24, 2.45) is 5.73 Å². The molecule has 1 fully saturated rings. The van der Waals surface area contributed by atoms with Crippen molar-refractivity contribution in [3.8, 4) is 17.6 Å². The van der Waals surface area contributed by atoms with Crippen molar-refractivity contribution in [3.05, 3.63) is 71.7 Å². The van der Waals surface area contributed by atoms with Crippen molar-refractivity contribution in [3.63, 3.8) is 0 Å². The monoisotopic (exact) mass is 402 g/mol. The second-order valence-corrected chi connectivity index (χ2v) is 7.24. The number of likely N-dealkylation sites (tertiary alicyclic amines) is 1. The second kappa shape index (κ2) is 8.76. The predicted molar refractivity (Wildman–Crippen MR) is 110 cm³/mol. The van der Waals surface area contributed by atoms with Crippen LogP contribution in [0.25, 0.3) is 5.69 Å². The van der Waals surface area contributed by atoms with Gasteiger partial charge in [0.2, 0.25) is 5.88 Å². The fourth-order valence-corrected chi connectivity index (χ4v) is 3.43. The molecule has 0 bridgehead atoms. The van der Waals surface area contributed by atoms with Crippen molar-refractivity contribution < 1.29 is 9.53 Å². The quantitative estimate of drug-likeness (QED) is 0.701. The van der Waals surface area contributed by atoms with Gasteiger partial charge in [-0.2, -0.15) is 10.4 Å². The first-order chi connectivity index (χ1) is 14.6. The summed E-state index contributed by atoms with van der Waals surface area (Å²) in [5.74, 6) is 0.285. The number of benzene rings is 1. The first-order valence-corrected chi connectivity index (χ1v) is 9.81. The molecule has 8 heteroatoms. The Morgan fingerprint density at radius 2 is 2.00 bits per heavy atom. The average molecular weight is 402 g/mol. The van der Waals surface area contributed by atoms with Crippen LogP contribution in [0.2, 0.25) is 0 Å². The number of ether oxygens (including phenoxy) is 1. The minimum absolute atomic E-state index is 0.00859. The molecule has 2 aromatic heterocycles. The largest absolute Gasteiger partial charge is 0.473 e. The van der Waals surface area contributed by atoms with Crippen LogP contribution < -0.4 is 10.5 Å². The average Bonchev–Trinajstić information content (AvgIpc) is 3.22. The molecule has 0 aliphatic carbocycles. The van der Waals surface area contributed by atoms with Gasteiger partial charge in [-0.05, 0) is 54.8 Å². The van der Waals surface area contributed by atoms with Crippen molar-refractivity contribution in [1.82, 2.24) is 19.7 Å². The molecule has 8 nitrogen and oxygen atoms in total. The molecule has 0 radical (unpaired) electrons. The lowest BCUT2D eigenvalue weighted by molar-refractivity contribution is 0.0702. The summed E-state index contributed by atoms with van der Waals surface area (Å²) in [7, 11) is 0. The number of nitrogens with two attached hydrogens (primary N) is 1. The van der Waals surface area contributed by atoms with Gasteiger partial charge in [0.15, 0.2) is 5.69 Å². The van der Waals surface area contributed by atoms with E-state index in [0.29, 0.717) is 42.5 Å². The van der Waals surface area contributed by atoms with E-state index in [0.717, 1.165) is 18.4 Å². The SMILES string of the molecule is N#Cc1ccc(-n2nc(C(=O)N3CCCC(N)C3)cc2OCc2ccncc2)cc1. The molecule has 1 aliphatic rings. The van der Waals surface area contributed by atoms with Gasteiger partial charge in [0.25, 0.3) is 5.91 Å². The highest BCUT2D eigenvalue weighted by Crippen LogP contribution is 2.23. The van der Waals surface area contributed by atoms with Crippen LogP contribution in [0.4, 0.5) is 0 Å². The lowest BCUT2D eigenvalue weighted by Gasteiger charge is -2.30. The number of piperidine rings is 1. The van der Waals surface area contributed by atoms with Crippen molar-refractivity contribution in [1.29, 1.82) is 5.26 Å². The summed E-state index contributed by atoms with van der Waals surface area (Å²) in [6.07, 6.45) is 5.20. The summed E-state index contributed by atoms with van der Waals surface area (Å²) in [4.78, 5) is 18.8. The molecule has 3 aromatic rings. The number of pyridine rings is 1. The number of rotatable bonds is 5. The van der Waals surface area contributed by atoms with E-state index in [4.69, 9.17) is 15.7 Å². The van der Waals surface area contributed by atoms with Crippen molar-refractivity contribution in [2.45, 2.75) is 25.5 Å². The van der Waals surface area contributed by atoms with Crippen LogP contribution >= 0.6 is 0 Å². The highest BCUT2D eigenvalue weighted by Gasteiger charge is 2.25. The third kappa shape index (κ3) is 4.31. The van der Waals surface area contributed by atoms with Gasteiger partial charge in [-0.1, -0.05) is 0 Å². The summed E-state index contributed by atoms with van der Waals surface area (Å²) in [5.41, 5.74) is 8.53.